The third kappa shape index (κ3) is 3.31. The second-order valence-corrected chi connectivity index (χ2v) is 5.95. The molecule has 0 amide bonds. The first-order valence-electron chi connectivity index (χ1n) is 5.76. The van der Waals surface area contributed by atoms with Gasteiger partial charge in [0.2, 0.25) is 0 Å². The molecule has 1 aromatic heterocycles. The number of aliphatic carboxylic acids is 1. The van der Waals surface area contributed by atoms with E-state index in [1.807, 2.05) is 31.2 Å². The molecule has 2 rings (SSSR count). The lowest BCUT2D eigenvalue weighted by molar-refractivity contribution is -0.133. The topological polar surface area (TPSA) is 88.0 Å². The van der Waals surface area contributed by atoms with E-state index >= 15 is 0 Å². The normalized spacial score (nSPS) is 12.3. The van der Waals surface area contributed by atoms with Crippen molar-refractivity contribution in [2.75, 3.05) is 5.75 Å². The van der Waals surface area contributed by atoms with E-state index < -0.39 is 5.97 Å². The summed E-state index contributed by atoms with van der Waals surface area (Å²) in [6.07, 6.45) is 0. The van der Waals surface area contributed by atoms with Crippen LogP contribution in [0.4, 0.5) is 0 Å². The van der Waals surface area contributed by atoms with E-state index in [1.54, 1.807) is 0 Å². The zero-order chi connectivity index (χ0) is 14.7. The summed E-state index contributed by atoms with van der Waals surface area (Å²) in [6.45, 7) is 1.86. The van der Waals surface area contributed by atoms with Gasteiger partial charge in [-0.3, -0.25) is 9.36 Å². The van der Waals surface area contributed by atoms with Gasteiger partial charge >= 0.3 is 11.7 Å². The van der Waals surface area contributed by atoms with Gasteiger partial charge in [0, 0.05) is 4.47 Å². The predicted octanol–water partition coefficient (Wildman–Crippen LogP) is 2.12. The third-order valence-corrected chi connectivity index (χ3v) is 4.15. The number of aromatic amines is 1. The molecule has 0 aliphatic heterocycles. The zero-order valence-electron chi connectivity index (χ0n) is 10.5. The lowest BCUT2D eigenvalue weighted by atomic mass is 10.1. The number of carbonyl (C=O) groups is 1. The van der Waals surface area contributed by atoms with Crippen LogP contribution in [0, 0.1) is 0 Å². The Bertz CT molecular complexity index is 683. The smallest absolute Gasteiger partial charge is 0.344 e. The maximum absolute atomic E-state index is 11.9. The van der Waals surface area contributed by atoms with E-state index in [9.17, 15) is 9.59 Å². The highest BCUT2D eigenvalue weighted by Crippen LogP contribution is 2.24. The summed E-state index contributed by atoms with van der Waals surface area (Å²) < 4.78 is 2.37. The van der Waals surface area contributed by atoms with E-state index in [4.69, 9.17) is 5.11 Å². The van der Waals surface area contributed by atoms with Gasteiger partial charge in [-0.25, -0.2) is 9.89 Å². The number of nitrogens with one attached hydrogen (secondary N) is 1. The summed E-state index contributed by atoms with van der Waals surface area (Å²) in [5.41, 5.74) is 0.574. The van der Waals surface area contributed by atoms with Crippen LogP contribution in [0.25, 0.3) is 0 Å². The van der Waals surface area contributed by atoms with Crippen LogP contribution < -0.4 is 5.69 Å². The van der Waals surface area contributed by atoms with Gasteiger partial charge in [0.25, 0.3) is 0 Å². The van der Waals surface area contributed by atoms with Crippen molar-refractivity contribution < 1.29 is 9.90 Å². The first-order chi connectivity index (χ1) is 9.49. The Hall–Kier alpha value is -1.54. The predicted molar refractivity (Wildman–Crippen MR) is 79.2 cm³/mol. The monoisotopic (exact) mass is 357 g/mol. The van der Waals surface area contributed by atoms with E-state index in [0.717, 1.165) is 21.8 Å². The minimum absolute atomic E-state index is 0.143. The average molecular weight is 358 g/mol. The van der Waals surface area contributed by atoms with Gasteiger partial charge < -0.3 is 5.11 Å². The molecule has 0 aliphatic carbocycles. The third-order valence-electron chi connectivity index (χ3n) is 2.72. The minimum atomic E-state index is -0.952. The molecule has 106 valence electrons. The summed E-state index contributed by atoms with van der Waals surface area (Å²) in [5.74, 6) is -1.10. The fourth-order valence-electron chi connectivity index (χ4n) is 1.78. The standard InChI is InChI=1S/C12H12BrN3O3S/c1-7(8-3-2-4-9(13)5-8)16-11(19)14-15-12(16)20-6-10(17)18/h2-5,7H,6H2,1H3,(H,14,19)(H,17,18). The van der Waals surface area contributed by atoms with Crippen LogP contribution in [0.1, 0.15) is 18.5 Å². The number of halogens is 1. The molecule has 1 aromatic carbocycles. The zero-order valence-corrected chi connectivity index (χ0v) is 12.9. The van der Waals surface area contributed by atoms with E-state index in [-0.39, 0.29) is 17.5 Å². The summed E-state index contributed by atoms with van der Waals surface area (Å²) in [5, 5.41) is 15.3. The Labute approximate surface area is 127 Å². The number of H-pyrrole nitrogens is 1. The highest BCUT2D eigenvalue weighted by molar-refractivity contribution is 9.10. The first-order valence-corrected chi connectivity index (χ1v) is 7.54. The number of benzene rings is 1. The van der Waals surface area contributed by atoms with Gasteiger partial charge in [0.1, 0.15) is 0 Å². The highest BCUT2D eigenvalue weighted by Gasteiger charge is 2.17. The molecule has 0 aliphatic rings. The van der Waals surface area contributed by atoms with Crippen molar-refractivity contribution in [2.24, 2.45) is 0 Å². The summed E-state index contributed by atoms with van der Waals surface area (Å²) in [4.78, 5) is 22.5. The Balaban J connectivity index is 2.34. The van der Waals surface area contributed by atoms with Gasteiger partial charge in [-0.15, -0.1) is 5.10 Å². The lowest BCUT2D eigenvalue weighted by Gasteiger charge is -2.14. The van der Waals surface area contributed by atoms with Crippen LogP contribution >= 0.6 is 27.7 Å². The molecule has 2 N–H and O–H groups in total. The number of aromatic nitrogens is 3. The van der Waals surface area contributed by atoms with Gasteiger partial charge in [0.15, 0.2) is 5.16 Å². The van der Waals surface area contributed by atoms with E-state index in [0.29, 0.717) is 5.16 Å². The quantitative estimate of drug-likeness (QED) is 0.800. The number of carboxylic acids is 1. The van der Waals surface area contributed by atoms with Crippen LogP contribution in [0.15, 0.2) is 38.7 Å². The molecule has 8 heteroatoms. The number of carboxylic acid groups (broad SMARTS) is 1. The van der Waals surface area contributed by atoms with E-state index in [1.165, 1.54) is 4.57 Å². The molecule has 1 heterocycles. The van der Waals surface area contributed by atoms with Crippen LogP contribution in [0.5, 0.6) is 0 Å². The van der Waals surface area contributed by atoms with Crippen molar-refractivity contribution in [1.29, 1.82) is 0 Å². The second-order valence-electron chi connectivity index (χ2n) is 4.09. The molecule has 0 saturated carbocycles. The largest absolute Gasteiger partial charge is 0.481 e. The molecule has 2 aromatic rings. The first kappa shape index (κ1) is 14.9. The second kappa shape index (κ2) is 6.27. The highest BCUT2D eigenvalue weighted by atomic mass is 79.9. The van der Waals surface area contributed by atoms with Crippen molar-refractivity contribution in [2.45, 2.75) is 18.1 Å². The molecule has 0 saturated heterocycles. The molecule has 1 unspecified atom stereocenters. The summed E-state index contributed by atoms with van der Waals surface area (Å²) in [7, 11) is 0. The molecule has 1 atom stereocenters. The number of hydrogen-bond acceptors (Lipinski definition) is 4. The Morgan fingerprint density at radius 1 is 1.60 bits per heavy atom. The Morgan fingerprint density at radius 2 is 2.35 bits per heavy atom. The Kier molecular flexibility index (Phi) is 4.66. The molecular formula is C12H12BrN3O3S. The molecule has 0 bridgehead atoms. The summed E-state index contributed by atoms with van der Waals surface area (Å²) in [6, 6.07) is 7.35. The average Bonchev–Trinajstić information content (AvgIpc) is 2.76. The maximum Gasteiger partial charge on any atom is 0.344 e. The van der Waals surface area contributed by atoms with Gasteiger partial charge in [-0.2, -0.15) is 0 Å². The van der Waals surface area contributed by atoms with Crippen LogP contribution in [-0.2, 0) is 4.79 Å². The van der Waals surface area contributed by atoms with Crippen molar-refractivity contribution in [3.8, 4) is 0 Å². The number of nitrogens with zero attached hydrogens (tertiary/aromatic N) is 2. The van der Waals surface area contributed by atoms with Crippen molar-refractivity contribution in [3.63, 3.8) is 0 Å². The minimum Gasteiger partial charge on any atom is -0.481 e. The number of hydrogen-bond donors (Lipinski definition) is 2. The van der Waals surface area contributed by atoms with Crippen LogP contribution in [-0.4, -0.2) is 31.6 Å². The fraction of sp³-hybridized carbons (Fsp3) is 0.250. The van der Waals surface area contributed by atoms with Crippen LogP contribution in [0.2, 0.25) is 0 Å². The number of rotatable bonds is 5. The molecule has 20 heavy (non-hydrogen) atoms. The SMILES string of the molecule is CC(c1cccc(Br)c1)n1c(SCC(=O)O)n[nH]c1=O. The molecule has 6 nitrogen and oxygen atoms in total. The van der Waals surface area contributed by atoms with Crippen LogP contribution in [0.3, 0.4) is 0 Å². The van der Waals surface area contributed by atoms with Gasteiger partial charge in [0.05, 0.1) is 11.8 Å². The lowest BCUT2D eigenvalue weighted by Crippen LogP contribution is -2.22. The van der Waals surface area contributed by atoms with Crippen molar-refractivity contribution >= 4 is 33.7 Å². The molecule has 0 fully saturated rings. The fourth-order valence-corrected chi connectivity index (χ4v) is 2.94. The van der Waals surface area contributed by atoms with Gasteiger partial charge in [-0.1, -0.05) is 39.8 Å². The van der Waals surface area contributed by atoms with E-state index in [2.05, 4.69) is 26.1 Å². The molecule has 0 radical (unpaired) electrons. The maximum atomic E-state index is 11.9. The number of thioether (sulfide) groups is 1. The molecular weight excluding hydrogens is 346 g/mol. The van der Waals surface area contributed by atoms with Gasteiger partial charge in [-0.05, 0) is 24.6 Å². The van der Waals surface area contributed by atoms with Crippen molar-refractivity contribution in [3.05, 3.63) is 44.8 Å². The Morgan fingerprint density at radius 3 is 3.00 bits per heavy atom. The molecule has 0 spiro atoms. The van der Waals surface area contributed by atoms with Crippen molar-refractivity contribution in [1.82, 2.24) is 14.8 Å². The summed E-state index contributed by atoms with van der Waals surface area (Å²) >= 11 is 4.40.